The van der Waals surface area contributed by atoms with E-state index in [0.29, 0.717) is 30.7 Å². The smallest absolute Gasteiger partial charge is 0.214 e. The van der Waals surface area contributed by atoms with Gasteiger partial charge in [-0.2, -0.15) is 4.39 Å². The Morgan fingerprint density at radius 3 is 2.80 bits per heavy atom. The highest BCUT2D eigenvalue weighted by atomic mass is 35.5. The van der Waals surface area contributed by atoms with Gasteiger partial charge in [0.25, 0.3) is 0 Å². The van der Waals surface area contributed by atoms with E-state index in [1.54, 1.807) is 0 Å². The van der Waals surface area contributed by atoms with Crippen LogP contribution in [0.4, 0.5) is 24.7 Å². The molecule has 1 aliphatic heterocycles. The van der Waals surface area contributed by atoms with Gasteiger partial charge in [-0.25, -0.2) is 13.8 Å². The summed E-state index contributed by atoms with van der Waals surface area (Å²) in [7, 11) is 1.94. The van der Waals surface area contributed by atoms with E-state index in [-0.39, 0.29) is 21.2 Å². The first-order valence-electron chi connectivity index (χ1n) is 9.95. The average Bonchev–Trinajstić information content (AvgIpc) is 3.10. The zero-order chi connectivity index (χ0) is 21.7. The molecule has 9 heteroatoms. The Balaban J connectivity index is 1.70. The van der Waals surface area contributed by atoms with Gasteiger partial charge in [-0.05, 0) is 62.4 Å². The Hall–Kier alpha value is -1.64. The van der Waals surface area contributed by atoms with Crippen LogP contribution in [0.1, 0.15) is 32.6 Å². The van der Waals surface area contributed by atoms with Crippen molar-refractivity contribution in [1.82, 2.24) is 10.3 Å². The first-order valence-corrected chi connectivity index (χ1v) is 11.1. The van der Waals surface area contributed by atoms with Crippen LogP contribution in [0, 0.1) is 23.0 Å². The van der Waals surface area contributed by atoms with E-state index in [0.717, 1.165) is 32.2 Å². The van der Waals surface area contributed by atoms with Crippen LogP contribution in [0.2, 0.25) is 5.02 Å². The zero-order valence-electron chi connectivity index (χ0n) is 17.1. The molecule has 0 aliphatic carbocycles. The van der Waals surface area contributed by atoms with Gasteiger partial charge in [0.1, 0.15) is 21.6 Å². The normalized spacial score (nSPS) is 18.8. The van der Waals surface area contributed by atoms with E-state index < -0.39 is 17.6 Å². The Morgan fingerprint density at radius 1 is 1.27 bits per heavy atom. The van der Waals surface area contributed by atoms with Crippen LogP contribution >= 0.6 is 23.5 Å². The number of aromatic nitrogens is 1. The number of hydrogen-bond acceptors (Lipinski definition) is 5. The van der Waals surface area contributed by atoms with Gasteiger partial charge in [0.15, 0.2) is 5.82 Å². The topological polar surface area (TPSA) is 40.2 Å². The van der Waals surface area contributed by atoms with Crippen molar-refractivity contribution in [2.24, 2.45) is 5.41 Å². The second kappa shape index (κ2) is 10.1. The number of nitrogens with zero attached hydrogens (tertiary/aromatic N) is 2. The minimum Gasteiger partial charge on any atom is -0.370 e. The fraction of sp³-hybridized carbons (Fsp3) is 0.476. The maximum absolute atomic E-state index is 14.9. The quantitative estimate of drug-likeness (QED) is 0.212. The van der Waals surface area contributed by atoms with Crippen molar-refractivity contribution in [1.29, 1.82) is 0 Å². The molecule has 1 aliphatic rings. The standard InChI is InChI=1S/C21H26ClF3N4S/c1-21(8-3-4-10-26-2)9-11-29(13-21)15-12-14(23)20(19(25)18(15)22)30-28-17-7-5-6-16(24)27-17/h5-7,12,26H,3-4,8-11,13H2,1-2H3,(H,27,28). The molecule has 4 nitrogen and oxygen atoms in total. The maximum atomic E-state index is 14.9. The van der Waals surface area contributed by atoms with Gasteiger partial charge in [-0.15, -0.1) is 0 Å². The molecule has 0 spiro atoms. The lowest BCUT2D eigenvalue weighted by Crippen LogP contribution is -2.25. The molecule has 164 valence electrons. The van der Waals surface area contributed by atoms with Crippen LogP contribution in [0.3, 0.4) is 0 Å². The van der Waals surface area contributed by atoms with Crippen LogP contribution in [0.15, 0.2) is 29.2 Å². The lowest BCUT2D eigenvalue weighted by molar-refractivity contribution is 0.324. The molecule has 0 saturated carbocycles. The van der Waals surface area contributed by atoms with Gasteiger partial charge in [0.2, 0.25) is 5.95 Å². The number of halogens is 4. The summed E-state index contributed by atoms with van der Waals surface area (Å²) in [5.41, 5.74) is 0.473. The summed E-state index contributed by atoms with van der Waals surface area (Å²) in [5, 5.41) is 3.04. The molecule has 1 atom stereocenters. The lowest BCUT2D eigenvalue weighted by atomic mass is 9.84. The number of rotatable bonds is 9. The van der Waals surface area contributed by atoms with Crippen molar-refractivity contribution < 1.29 is 13.2 Å². The highest BCUT2D eigenvalue weighted by molar-refractivity contribution is 8.00. The summed E-state index contributed by atoms with van der Waals surface area (Å²) in [6.07, 6.45) is 4.23. The molecule has 2 N–H and O–H groups in total. The molecule has 1 aromatic carbocycles. The number of anilines is 2. The second-order valence-electron chi connectivity index (χ2n) is 7.93. The van der Waals surface area contributed by atoms with Crippen molar-refractivity contribution in [3.63, 3.8) is 0 Å². The predicted octanol–water partition coefficient (Wildman–Crippen LogP) is 5.88. The number of pyridine rings is 1. The van der Waals surface area contributed by atoms with Crippen molar-refractivity contribution in [2.45, 2.75) is 37.5 Å². The molecule has 2 heterocycles. The summed E-state index contributed by atoms with van der Waals surface area (Å²) < 4.78 is 45.4. The molecule has 2 aromatic rings. The van der Waals surface area contributed by atoms with Crippen LogP contribution in [0.5, 0.6) is 0 Å². The van der Waals surface area contributed by atoms with E-state index in [2.05, 4.69) is 21.9 Å². The van der Waals surface area contributed by atoms with Crippen molar-refractivity contribution in [3.05, 3.63) is 46.9 Å². The number of benzene rings is 1. The molecule has 1 saturated heterocycles. The Kier molecular flexibility index (Phi) is 7.76. The van der Waals surface area contributed by atoms with E-state index in [9.17, 15) is 13.2 Å². The predicted molar refractivity (Wildman–Crippen MR) is 118 cm³/mol. The molecule has 0 amide bonds. The fourth-order valence-electron chi connectivity index (χ4n) is 3.74. The largest absolute Gasteiger partial charge is 0.370 e. The minimum atomic E-state index is -0.830. The summed E-state index contributed by atoms with van der Waals surface area (Å²) in [6.45, 7) is 4.62. The van der Waals surface area contributed by atoms with Gasteiger partial charge in [0.05, 0.1) is 5.69 Å². The first kappa shape index (κ1) is 23.0. The van der Waals surface area contributed by atoms with Gasteiger partial charge < -0.3 is 14.9 Å². The number of nitrogens with one attached hydrogen (secondary N) is 2. The Bertz CT molecular complexity index is 886. The van der Waals surface area contributed by atoms with E-state index in [1.165, 1.54) is 24.3 Å². The molecular weight excluding hydrogens is 433 g/mol. The summed E-state index contributed by atoms with van der Waals surface area (Å²) in [6, 6.07) is 5.43. The Morgan fingerprint density at radius 2 is 2.07 bits per heavy atom. The molecule has 1 aromatic heterocycles. The highest BCUT2D eigenvalue weighted by Gasteiger charge is 2.35. The van der Waals surface area contributed by atoms with Gasteiger partial charge in [-0.3, -0.25) is 0 Å². The third kappa shape index (κ3) is 5.53. The lowest BCUT2D eigenvalue weighted by Gasteiger charge is -2.26. The molecule has 0 bridgehead atoms. The maximum Gasteiger partial charge on any atom is 0.214 e. The molecule has 30 heavy (non-hydrogen) atoms. The van der Waals surface area contributed by atoms with Gasteiger partial charge >= 0.3 is 0 Å². The van der Waals surface area contributed by atoms with E-state index in [1.807, 2.05) is 11.9 Å². The molecule has 0 radical (unpaired) electrons. The van der Waals surface area contributed by atoms with Crippen LogP contribution < -0.4 is 14.9 Å². The average molecular weight is 459 g/mol. The summed E-state index contributed by atoms with van der Waals surface area (Å²) >= 11 is 6.97. The van der Waals surface area contributed by atoms with E-state index >= 15 is 0 Å². The van der Waals surface area contributed by atoms with Crippen molar-refractivity contribution in [3.8, 4) is 0 Å². The van der Waals surface area contributed by atoms with E-state index in [4.69, 9.17) is 11.6 Å². The Labute approximate surface area is 184 Å². The minimum absolute atomic E-state index is 0.0993. The third-order valence-corrected chi connectivity index (χ3v) is 6.67. The van der Waals surface area contributed by atoms with Crippen LogP contribution in [-0.4, -0.2) is 31.7 Å². The summed E-state index contributed by atoms with van der Waals surface area (Å²) in [5.74, 6) is -2.07. The second-order valence-corrected chi connectivity index (χ2v) is 9.12. The van der Waals surface area contributed by atoms with Gasteiger partial charge in [-0.1, -0.05) is 31.0 Å². The summed E-state index contributed by atoms with van der Waals surface area (Å²) in [4.78, 5) is 5.30. The fourth-order valence-corrected chi connectivity index (χ4v) is 4.74. The van der Waals surface area contributed by atoms with Crippen molar-refractivity contribution >= 4 is 35.1 Å². The monoisotopic (exact) mass is 458 g/mol. The molecule has 1 fully saturated rings. The SMILES string of the molecule is CNCCCCC1(C)CCN(c2cc(F)c(SNc3cccc(F)n3)c(F)c2Cl)C1. The molecule has 3 rings (SSSR count). The molecular formula is C21H26ClF3N4S. The first-order chi connectivity index (χ1) is 14.3. The molecule has 1 unspecified atom stereocenters. The zero-order valence-corrected chi connectivity index (χ0v) is 18.6. The highest BCUT2D eigenvalue weighted by Crippen LogP contribution is 2.42. The number of hydrogen-bond donors (Lipinski definition) is 2. The van der Waals surface area contributed by atoms with Crippen molar-refractivity contribution in [2.75, 3.05) is 36.3 Å². The van der Waals surface area contributed by atoms with Crippen LogP contribution in [0.25, 0.3) is 0 Å². The van der Waals surface area contributed by atoms with Crippen LogP contribution in [-0.2, 0) is 0 Å². The van der Waals surface area contributed by atoms with Gasteiger partial charge in [0, 0.05) is 19.2 Å². The third-order valence-electron chi connectivity index (χ3n) is 5.43. The number of unbranched alkanes of at least 4 members (excludes halogenated alkanes) is 1.